The minimum Gasteiger partial charge on any atom is -0.306 e. The molecule has 112 valence electrons. The molecular formula is C16H21N3OS. The van der Waals surface area contributed by atoms with Crippen LogP contribution < -0.4 is 10.6 Å². The average molecular weight is 303 g/mol. The molecule has 4 nitrogen and oxygen atoms in total. The van der Waals surface area contributed by atoms with Gasteiger partial charge in [-0.05, 0) is 56.3 Å². The number of nitrogens with zero attached hydrogens (tertiary/aromatic N) is 1. The van der Waals surface area contributed by atoms with E-state index in [1.807, 2.05) is 0 Å². The number of amides is 1. The number of carbonyl (C=O) groups is 1. The van der Waals surface area contributed by atoms with Gasteiger partial charge in [-0.15, -0.1) is 11.3 Å². The lowest BCUT2D eigenvalue weighted by Gasteiger charge is -2.55. The van der Waals surface area contributed by atoms with E-state index in [1.54, 1.807) is 11.3 Å². The Kier molecular flexibility index (Phi) is 2.57. The molecule has 0 spiro atoms. The fourth-order valence-electron chi connectivity index (χ4n) is 5.63. The lowest BCUT2D eigenvalue weighted by Crippen LogP contribution is -2.51. The third-order valence-corrected chi connectivity index (χ3v) is 7.11. The van der Waals surface area contributed by atoms with E-state index in [2.05, 4.69) is 15.6 Å². The maximum Gasteiger partial charge on any atom is 0.232 e. The van der Waals surface area contributed by atoms with Crippen LogP contribution in [0.2, 0.25) is 0 Å². The van der Waals surface area contributed by atoms with Crippen molar-refractivity contribution >= 4 is 22.4 Å². The average Bonchev–Trinajstić information content (AvgIpc) is 2.97. The van der Waals surface area contributed by atoms with Gasteiger partial charge in [0.05, 0.1) is 11.1 Å². The normalized spacial score (nSPS) is 39.5. The summed E-state index contributed by atoms with van der Waals surface area (Å²) in [7, 11) is 0. The molecule has 6 rings (SSSR count). The molecule has 0 saturated heterocycles. The van der Waals surface area contributed by atoms with E-state index in [0.717, 1.165) is 60.9 Å². The molecule has 4 fully saturated rings. The third-order valence-electron chi connectivity index (χ3n) is 6.10. The van der Waals surface area contributed by atoms with Crippen LogP contribution in [-0.4, -0.2) is 10.9 Å². The second-order valence-electron chi connectivity index (χ2n) is 7.64. The molecule has 21 heavy (non-hydrogen) atoms. The Hall–Kier alpha value is -0.940. The van der Waals surface area contributed by atoms with Crippen LogP contribution in [0, 0.1) is 23.2 Å². The number of anilines is 1. The van der Waals surface area contributed by atoms with Gasteiger partial charge < -0.3 is 10.6 Å². The fourth-order valence-corrected chi connectivity index (χ4v) is 6.57. The van der Waals surface area contributed by atoms with Gasteiger partial charge in [-0.2, -0.15) is 0 Å². The Balaban J connectivity index is 1.38. The second kappa shape index (κ2) is 4.29. The molecule has 2 heterocycles. The zero-order valence-electron chi connectivity index (χ0n) is 12.2. The minimum absolute atomic E-state index is 0.0664. The summed E-state index contributed by atoms with van der Waals surface area (Å²) < 4.78 is 0. The Bertz CT molecular complexity index is 552. The van der Waals surface area contributed by atoms with E-state index in [1.165, 1.54) is 24.1 Å². The summed E-state index contributed by atoms with van der Waals surface area (Å²) in [5.74, 6) is 2.70. The SMILES string of the molecule is O=C(Nc1nc2c(s1)CNC2)C12CC3CC(CC(C3)C1)C2. The van der Waals surface area contributed by atoms with Gasteiger partial charge in [-0.1, -0.05) is 0 Å². The van der Waals surface area contributed by atoms with Gasteiger partial charge >= 0.3 is 0 Å². The van der Waals surface area contributed by atoms with Gasteiger partial charge in [-0.25, -0.2) is 4.98 Å². The molecule has 4 aliphatic carbocycles. The standard InChI is InChI=1S/C16H21N3OS/c20-14(19-15-18-12-7-17-8-13(12)21-15)16-4-9-1-10(5-16)3-11(2-9)6-16/h9-11,17H,1-8H2,(H,18,19,20). The molecule has 0 radical (unpaired) electrons. The number of carbonyl (C=O) groups excluding carboxylic acids is 1. The quantitative estimate of drug-likeness (QED) is 0.883. The van der Waals surface area contributed by atoms with E-state index < -0.39 is 0 Å². The van der Waals surface area contributed by atoms with Crippen LogP contribution in [0.25, 0.3) is 0 Å². The first-order valence-corrected chi connectivity index (χ1v) is 9.03. The summed E-state index contributed by atoms with van der Waals surface area (Å²) in [6, 6.07) is 0. The summed E-state index contributed by atoms with van der Waals surface area (Å²) in [6.07, 6.45) is 7.50. The van der Waals surface area contributed by atoms with Crippen molar-refractivity contribution in [3.05, 3.63) is 10.6 Å². The molecule has 5 aliphatic rings. The van der Waals surface area contributed by atoms with Crippen molar-refractivity contribution in [3.8, 4) is 0 Å². The molecule has 5 heteroatoms. The maximum absolute atomic E-state index is 12.9. The summed E-state index contributed by atoms with van der Waals surface area (Å²) >= 11 is 1.65. The van der Waals surface area contributed by atoms with Crippen LogP contribution in [0.5, 0.6) is 0 Å². The van der Waals surface area contributed by atoms with Crippen LogP contribution in [0.15, 0.2) is 0 Å². The first-order valence-electron chi connectivity index (χ1n) is 8.21. The number of thiazole rings is 1. The molecule has 4 saturated carbocycles. The van der Waals surface area contributed by atoms with Gasteiger partial charge in [-0.3, -0.25) is 4.79 Å². The first-order chi connectivity index (χ1) is 10.2. The number of hydrogen-bond donors (Lipinski definition) is 2. The molecule has 1 aromatic rings. The van der Waals surface area contributed by atoms with Crippen molar-refractivity contribution in [1.29, 1.82) is 0 Å². The topological polar surface area (TPSA) is 54.0 Å². The van der Waals surface area contributed by atoms with E-state index in [9.17, 15) is 4.79 Å². The Morgan fingerprint density at radius 3 is 2.43 bits per heavy atom. The van der Waals surface area contributed by atoms with E-state index >= 15 is 0 Å². The zero-order valence-corrected chi connectivity index (χ0v) is 13.0. The molecule has 0 unspecified atom stereocenters. The van der Waals surface area contributed by atoms with E-state index in [-0.39, 0.29) is 11.3 Å². The van der Waals surface area contributed by atoms with Crippen molar-refractivity contribution in [2.75, 3.05) is 5.32 Å². The second-order valence-corrected chi connectivity index (χ2v) is 8.73. The Morgan fingerprint density at radius 1 is 1.14 bits per heavy atom. The summed E-state index contributed by atoms with van der Waals surface area (Å²) in [4.78, 5) is 18.8. The summed E-state index contributed by atoms with van der Waals surface area (Å²) in [5.41, 5.74) is 1.06. The first kappa shape index (κ1) is 12.6. The highest BCUT2D eigenvalue weighted by molar-refractivity contribution is 7.15. The molecule has 2 N–H and O–H groups in total. The molecule has 0 atom stereocenters. The molecule has 4 bridgehead atoms. The van der Waals surface area contributed by atoms with Crippen LogP contribution in [0.4, 0.5) is 5.13 Å². The highest BCUT2D eigenvalue weighted by Crippen LogP contribution is 2.60. The number of rotatable bonds is 2. The molecule has 1 aromatic heterocycles. The van der Waals surface area contributed by atoms with Gasteiger partial charge in [0.1, 0.15) is 0 Å². The van der Waals surface area contributed by atoms with Gasteiger partial charge in [0.2, 0.25) is 5.91 Å². The monoisotopic (exact) mass is 303 g/mol. The molecule has 1 amide bonds. The third kappa shape index (κ3) is 1.90. The van der Waals surface area contributed by atoms with Crippen LogP contribution in [-0.2, 0) is 17.9 Å². The van der Waals surface area contributed by atoms with Crippen molar-refractivity contribution in [2.24, 2.45) is 23.2 Å². The highest BCUT2D eigenvalue weighted by Gasteiger charge is 2.54. The molecule has 1 aliphatic heterocycles. The zero-order chi connectivity index (χ0) is 14.0. The molecule has 0 aromatic carbocycles. The van der Waals surface area contributed by atoms with Crippen LogP contribution in [0.1, 0.15) is 49.1 Å². The Morgan fingerprint density at radius 2 is 1.81 bits per heavy atom. The van der Waals surface area contributed by atoms with Gasteiger partial charge in [0.15, 0.2) is 5.13 Å². The van der Waals surface area contributed by atoms with E-state index in [0.29, 0.717) is 0 Å². The fraction of sp³-hybridized carbons (Fsp3) is 0.750. The maximum atomic E-state index is 12.9. The summed E-state index contributed by atoms with van der Waals surface area (Å²) in [5, 5.41) is 7.28. The van der Waals surface area contributed by atoms with E-state index in [4.69, 9.17) is 0 Å². The number of fused-ring (bicyclic) bond motifs is 1. The predicted octanol–water partition coefficient (Wildman–Crippen LogP) is 2.90. The lowest BCUT2D eigenvalue weighted by atomic mass is 9.49. The highest BCUT2D eigenvalue weighted by atomic mass is 32.1. The summed E-state index contributed by atoms with van der Waals surface area (Å²) in [6.45, 7) is 1.75. The molecular weight excluding hydrogens is 282 g/mol. The smallest absolute Gasteiger partial charge is 0.232 e. The van der Waals surface area contributed by atoms with Crippen LogP contribution in [0.3, 0.4) is 0 Å². The largest absolute Gasteiger partial charge is 0.306 e. The minimum atomic E-state index is -0.0664. The number of aromatic nitrogens is 1. The number of nitrogens with one attached hydrogen (secondary N) is 2. The lowest BCUT2D eigenvalue weighted by molar-refractivity contribution is -0.140. The van der Waals surface area contributed by atoms with Crippen molar-refractivity contribution in [1.82, 2.24) is 10.3 Å². The number of hydrogen-bond acceptors (Lipinski definition) is 4. The Labute approximate surface area is 128 Å². The van der Waals surface area contributed by atoms with Crippen LogP contribution >= 0.6 is 11.3 Å². The van der Waals surface area contributed by atoms with Crippen molar-refractivity contribution in [2.45, 2.75) is 51.6 Å². The van der Waals surface area contributed by atoms with Gasteiger partial charge in [0, 0.05) is 18.0 Å². The van der Waals surface area contributed by atoms with Crippen molar-refractivity contribution < 1.29 is 4.79 Å². The predicted molar refractivity (Wildman–Crippen MR) is 81.9 cm³/mol. The van der Waals surface area contributed by atoms with Crippen molar-refractivity contribution in [3.63, 3.8) is 0 Å². The van der Waals surface area contributed by atoms with Gasteiger partial charge in [0.25, 0.3) is 0 Å².